The molecule has 0 saturated carbocycles. The molecule has 1 heterocycles. The normalized spacial score (nSPS) is 11.8. The van der Waals surface area contributed by atoms with Crippen LogP contribution in [0.2, 0.25) is 0 Å². The fraction of sp³-hybridized carbons (Fsp3) is 0.250. The molecule has 3 rings (SSSR count). The fourth-order valence-corrected chi connectivity index (χ4v) is 5.43. The van der Waals surface area contributed by atoms with Crippen LogP contribution in [0.25, 0.3) is 11.1 Å². The Morgan fingerprint density at radius 1 is 1.06 bits per heavy atom. The van der Waals surface area contributed by atoms with Crippen LogP contribution in [0, 0.1) is 0 Å². The number of carboxylic acid groups (broad SMARTS) is 1. The molecular formula is C24H25NO3S3. The van der Waals surface area contributed by atoms with Crippen LogP contribution in [0.5, 0.6) is 0 Å². The van der Waals surface area contributed by atoms with E-state index < -0.39 is 12.0 Å². The minimum atomic E-state index is -1.01. The van der Waals surface area contributed by atoms with Crippen LogP contribution in [0.4, 0.5) is 0 Å². The topological polar surface area (TPSA) is 66.4 Å². The molecule has 2 N–H and O–H groups in total. The van der Waals surface area contributed by atoms with Crippen molar-refractivity contribution in [3.8, 4) is 11.1 Å². The summed E-state index contributed by atoms with van der Waals surface area (Å²) in [5, 5.41) is 14.3. The molecule has 1 atom stereocenters. The number of carbonyl (C=O) groups excluding carboxylic acids is 1. The van der Waals surface area contributed by atoms with Gasteiger partial charge in [0.25, 0.3) is 5.91 Å². The number of hydrogen-bond donors (Lipinski definition) is 2. The van der Waals surface area contributed by atoms with E-state index in [4.69, 9.17) is 0 Å². The minimum Gasteiger partial charge on any atom is -0.480 e. The van der Waals surface area contributed by atoms with E-state index in [1.54, 1.807) is 23.1 Å². The maximum absolute atomic E-state index is 13.0. The maximum Gasteiger partial charge on any atom is 0.326 e. The number of rotatable bonds is 11. The highest BCUT2D eigenvalue weighted by atomic mass is 32.2. The van der Waals surface area contributed by atoms with Gasteiger partial charge < -0.3 is 10.4 Å². The van der Waals surface area contributed by atoms with Crippen molar-refractivity contribution in [1.29, 1.82) is 0 Å². The van der Waals surface area contributed by atoms with E-state index >= 15 is 0 Å². The summed E-state index contributed by atoms with van der Waals surface area (Å²) in [7, 11) is 0. The lowest BCUT2D eigenvalue weighted by molar-refractivity contribution is -0.139. The lowest BCUT2D eigenvalue weighted by Crippen LogP contribution is -2.41. The summed E-state index contributed by atoms with van der Waals surface area (Å²) >= 11 is 5.15. The van der Waals surface area contributed by atoms with Crippen LogP contribution in [-0.2, 0) is 16.3 Å². The Balaban J connectivity index is 1.81. The molecule has 0 bridgehead atoms. The van der Waals surface area contributed by atoms with Crippen molar-refractivity contribution in [3.05, 3.63) is 82.0 Å². The second-order valence-corrected chi connectivity index (χ2v) is 9.97. The van der Waals surface area contributed by atoms with Crippen LogP contribution in [-0.4, -0.2) is 35.0 Å². The van der Waals surface area contributed by atoms with E-state index in [9.17, 15) is 14.7 Å². The van der Waals surface area contributed by atoms with Crippen LogP contribution in [0.1, 0.15) is 27.2 Å². The first-order valence-electron chi connectivity index (χ1n) is 9.89. The number of carboxylic acids is 1. The molecule has 0 aliphatic rings. The highest BCUT2D eigenvalue weighted by Crippen LogP contribution is 2.28. The quantitative estimate of drug-likeness (QED) is 0.371. The molecule has 0 radical (unpaired) electrons. The predicted octanol–water partition coefficient (Wildman–Crippen LogP) is 5.78. The van der Waals surface area contributed by atoms with E-state index in [2.05, 4.69) is 22.8 Å². The number of benzene rings is 2. The fourth-order valence-electron chi connectivity index (χ4n) is 3.13. The molecule has 7 heteroatoms. The predicted molar refractivity (Wildman–Crippen MR) is 133 cm³/mol. The van der Waals surface area contributed by atoms with Crippen molar-refractivity contribution in [2.24, 2.45) is 0 Å². The molecule has 1 aromatic heterocycles. The first-order chi connectivity index (χ1) is 15.1. The van der Waals surface area contributed by atoms with Gasteiger partial charge in [0.05, 0.1) is 0 Å². The first kappa shape index (κ1) is 23.4. The van der Waals surface area contributed by atoms with E-state index in [1.807, 2.05) is 66.5 Å². The zero-order chi connectivity index (χ0) is 22.1. The van der Waals surface area contributed by atoms with Crippen LogP contribution in [0.15, 0.2) is 66.0 Å². The van der Waals surface area contributed by atoms with Gasteiger partial charge in [-0.3, -0.25) is 4.79 Å². The van der Waals surface area contributed by atoms with Gasteiger partial charge in [0, 0.05) is 21.9 Å². The van der Waals surface area contributed by atoms with E-state index in [-0.39, 0.29) is 5.91 Å². The van der Waals surface area contributed by atoms with Gasteiger partial charge in [-0.25, -0.2) is 4.79 Å². The molecule has 0 aliphatic carbocycles. The molecular weight excluding hydrogens is 446 g/mol. The third-order valence-electron chi connectivity index (χ3n) is 4.72. The van der Waals surface area contributed by atoms with Crippen molar-refractivity contribution in [2.75, 3.05) is 12.0 Å². The van der Waals surface area contributed by atoms with Crippen molar-refractivity contribution in [2.45, 2.75) is 24.0 Å². The Hall–Kier alpha value is -2.22. The molecule has 0 saturated heterocycles. The van der Waals surface area contributed by atoms with Crippen LogP contribution >= 0.6 is 34.9 Å². The molecule has 4 nitrogen and oxygen atoms in total. The molecule has 3 aromatic rings. The number of thioether (sulfide) groups is 2. The summed E-state index contributed by atoms with van der Waals surface area (Å²) in [6, 6.07) is 18.9. The minimum absolute atomic E-state index is 0.356. The molecule has 162 valence electrons. The maximum atomic E-state index is 13.0. The molecule has 2 aromatic carbocycles. The average molecular weight is 472 g/mol. The first-order valence-corrected chi connectivity index (χ1v) is 13.3. The largest absolute Gasteiger partial charge is 0.480 e. The van der Waals surface area contributed by atoms with Crippen molar-refractivity contribution < 1.29 is 14.7 Å². The zero-order valence-corrected chi connectivity index (χ0v) is 19.7. The average Bonchev–Trinajstić information content (AvgIpc) is 3.30. The Morgan fingerprint density at radius 3 is 2.55 bits per heavy atom. The van der Waals surface area contributed by atoms with Gasteiger partial charge in [-0.2, -0.15) is 23.5 Å². The van der Waals surface area contributed by atoms with Gasteiger partial charge in [0.15, 0.2) is 0 Å². The van der Waals surface area contributed by atoms with E-state index in [0.29, 0.717) is 17.7 Å². The Bertz CT molecular complexity index is 991. The number of aliphatic carboxylic acids is 1. The van der Waals surface area contributed by atoms with Gasteiger partial charge in [-0.15, -0.1) is 11.3 Å². The standard InChI is InChI=1S/C24H25NO3S3/c1-29-13-11-22(24(27)28)25-23(26)20-10-9-17(15-30-16-19-8-5-12-31-19)14-21(20)18-6-3-2-4-7-18/h2-10,12,14,22H,11,13,15-16H2,1H3,(H,25,26)(H,27,28). The molecule has 1 amide bonds. The SMILES string of the molecule is CSCCC(NC(=O)c1ccc(CSCc2cccs2)cc1-c1ccccc1)C(=O)O. The van der Waals surface area contributed by atoms with Crippen molar-refractivity contribution >= 4 is 46.7 Å². The van der Waals surface area contributed by atoms with E-state index in [0.717, 1.165) is 28.2 Å². The van der Waals surface area contributed by atoms with Gasteiger partial charge in [-0.05, 0) is 58.7 Å². The summed E-state index contributed by atoms with van der Waals surface area (Å²) < 4.78 is 0. The number of carbonyl (C=O) groups is 2. The number of hydrogen-bond acceptors (Lipinski definition) is 5. The Morgan fingerprint density at radius 2 is 1.87 bits per heavy atom. The van der Waals surface area contributed by atoms with Gasteiger partial charge in [0.1, 0.15) is 6.04 Å². The lowest BCUT2D eigenvalue weighted by atomic mass is 9.97. The Labute approximate surface area is 195 Å². The lowest BCUT2D eigenvalue weighted by Gasteiger charge is -2.17. The second kappa shape index (κ2) is 12.0. The molecule has 0 spiro atoms. The van der Waals surface area contributed by atoms with Crippen molar-refractivity contribution in [3.63, 3.8) is 0 Å². The van der Waals surface area contributed by atoms with Crippen LogP contribution < -0.4 is 5.32 Å². The Kier molecular flexibility index (Phi) is 9.06. The number of amides is 1. The summed E-state index contributed by atoms with van der Waals surface area (Å²) in [5.74, 6) is 1.10. The number of thiophene rings is 1. The summed E-state index contributed by atoms with van der Waals surface area (Å²) in [6.45, 7) is 0. The highest BCUT2D eigenvalue weighted by Gasteiger charge is 2.22. The second-order valence-electron chi connectivity index (χ2n) is 6.96. The smallest absolute Gasteiger partial charge is 0.326 e. The van der Waals surface area contributed by atoms with Crippen LogP contribution in [0.3, 0.4) is 0 Å². The molecule has 0 fully saturated rings. The molecule has 1 unspecified atom stereocenters. The third-order valence-corrected chi connectivity index (χ3v) is 7.48. The van der Waals surface area contributed by atoms with Gasteiger partial charge in [0.2, 0.25) is 0 Å². The summed E-state index contributed by atoms with van der Waals surface area (Å²) in [6.07, 6.45) is 2.31. The summed E-state index contributed by atoms with van der Waals surface area (Å²) in [4.78, 5) is 25.9. The van der Waals surface area contributed by atoms with Gasteiger partial charge in [-0.1, -0.05) is 42.5 Å². The molecule has 31 heavy (non-hydrogen) atoms. The molecule has 0 aliphatic heterocycles. The van der Waals surface area contributed by atoms with Crippen molar-refractivity contribution in [1.82, 2.24) is 5.32 Å². The number of nitrogens with one attached hydrogen (secondary N) is 1. The highest BCUT2D eigenvalue weighted by molar-refractivity contribution is 7.98. The van der Waals surface area contributed by atoms with Gasteiger partial charge >= 0.3 is 5.97 Å². The monoisotopic (exact) mass is 471 g/mol. The zero-order valence-electron chi connectivity index (χ0n) is 17.2. The third kappa shape index (κ3) is 6.89. The van der Waals surface area contributed by atoms with E-state index in [1.165, 1.54) is 4.88 Å². The summed E-state index contributed by atoms with van der Waals surface area (Å²) in [5.41, 5.74) is 3.39.